The lowest BCUT2D eigenvalue weighted by atomic mass is 9.86. The van der Waals surface area contributed by atoms with E-state index < -0.39 is 50.9 Å². The maximum atomic E-state index is 14.5. The molecule has 6 nitrogen and oxygen atoms in total. The van der Waals surface area contributed by atoms with Crippen molar-refractivity contribution in [3.05, 3.63) is 89.2 Å². The van der Waals surface area contributed by atoms with Crippen LogP contribution in [0, 0.1) is 11.7 Å². The highest BCUT2D eigenvalue weighted by Gasteiger charge is 2.49. The van der Waals surface area contributed by atoms with Gasteiger partial charge in [-0.25, -0.2) is 9.18 Å². The van der Waals surface area contributed by atoms with Crippen molar-refractivity contribution in [1.82, 2.24) is 4.90 Å². The number of alkyl halides is 3. The molecular weight excluding hydrogens is 562 g/mol. The van der Waals surface area contributed by atoms with Crippen molar-refractivity contribution < 1.29 is 39.7 Å². The van der Waals surface area contributed by atoms with Crippen molar-refractivity contribution in [2.24, 2.45) is 5.92 Å². The maximum absolute atomic E-state index is 14.5. The van der Waals surface area contributed by atoms with Crippen LogP contribution in [0.2, 0.25) is 0 Å². The Kier molecular flexibility index (Phi) is 8.40. The van der Waals surface area contributed by atoms with Gasteiger partial charge in [-0.2, -0.15) is 21.6 Å². The van der Waals surface area contributed by atoms with E-state index in [1.54, 1.807) is 76.2 Å². The fourth-order valence-electron chi connectivity index (χ4n) is 4.89. The third kappa shape index (κ3) is 6.83. The number of hydrogen-bond acceptors (Lipinski definition) is 5. The van der Waals surface area contributed by atoms with Gasteiger partial charge in [0.1, 0.15) is 17.2 Å². The lowest BCUT2D eigenvalue weighted by molar-refractivity contribution is -0.0509. The number of hydrogen-bond donors (Lipinski definition) is 0. The van der Waals surface area contributed by atoms with Gasteiger partial charge in [0.2, 0.25) is 0 Å². The highest BCUT2D eigenvalue weighted by atomic mass is 32.2. The van der Waals surface area contributed by atoms with Gasteiger partial charge in [-0.15, -0.1) is 0 Å². The van der Waals surface area contributed by atoms with Crippen LogP contribution in [0.25, 0.3) is 16.5 Å². The SMILES string of the molecule is CC(c1ccc(F)c2ccccc12)N(CCC1C=C(OS(=O)(=O)C(F)(F)F)c2ccccc2C1)C(=O)OC(C)(C)C. The topological polar surface area (TPSA) is 72.9 Å². The molecule has 0 saturated carbocycles. The second kappa shape index (κ2) is 11.3. The Morgan fingerprint density at radius 2 is 1.63 bits per heavy atom. The number of rotatable bonds is 7. The minimum atomic E-state index is -5.89. The molecule has 0 aliphatic heterocycles. The van der Waals surface area contributed by atoms with Gasteiger partial charge in [0.05, 0.1) is 6.04 Å². The summed E-state index contributed by atoms with van der Waals surface area (Å²) in [6, 6.07) is 15.8. The van der Waals surface area contributed by atoms with Crippen LogP contribution in [0.4, 0.5) is 22.4 Å². The molecule has 0 fully saturated rings. The molecule has 41 heavy (non-hydrogen) atoms. The average Bonchev–Trinajstić information content (AvgIpc) is 2.87. The highest BCUT2D eigenvalue weighted by molar-refractivity contribution is 7.87. The summed E-state index contributed by atoms with van der Waals surface area (Å²) in [7, 11) is -5.89. The van der Waals surface area contributed by atoms with Gasteiger partial charge < -0.3 is 13.8 Å². The number of carbonyl (C=O) groups is 1. The quantitative estimate of drug-likeness (QED) is 0.159. The monoisotopic (exact) mass is 593 g/mol. The second-order valence-electron chi connectivity index (χ2n) is 11.0. The number of carbonyl (C=O) groups excluding carboxylic acids is 1. The summed E-state index contributed by atoms with van der Waals surface area (Å²) in [5.74, 6) is -1.26. The Morgan fingerprint density at radius 1 is 1.00 bits per heavy atom. The predicted octanol–water partition coefficient (Wildman–Crippen LogP) is 7.75. The van der Waals surface area contributed by atoms with Crippen molar-refractivity contribution in [3.8, 4) is 0 Å². The van der Waals surface area contributed by atoms with Crippen LogP contribution in [0.1, 0.15) is 56.8 Å². The third-order valence-electron chi connectivity index (χ3n) is 6.83. The molecule has 1 amide bonds. The zero-order valence-electron chi connectivity index (χ0n) is 23.0. The van der Waals surface area contributed by atoms with Gasteiger partial charge in [-0.1, -0.05) is 54.6 Å². The van der Waals surface area contributed by atoms with Crippen LogP contribution in [0.5, 0.6) is 0 Å². The molecular formula is C30H31F4NO5S. The van der Waals surface area contributed by atoms with E-state index in [2.05, 4.69) is 4.18 Å². The van der Waals surface area contributed by atoms with E-state index in [1.807, 2.05) is 0 Å². The van der Waals surface area contributed by atoms with Gasteiger partial charge in [-0.3, -0.25) is 0 Å². The molecule has 2 unspecified atom stereocenters. The summed E-state index contributed by atoms with van der Waals surface area (Å²) in [5, 5.41) is 1.04. The standard InChI is InChI=1S/C30H31F4NO5S/c1-19(22-13-14-26(31)25-12-8-7-11-24(22)25)35(28(36)39-29(2,3)4)16-15-20-17-21-9-5-6-10-23(21)27(18-20)40-41(37,38)30(32,33)34/h5-14,18-20H,15-17H2,1-4H3. The van der Waals surface area contributed by atoms with Crippen LogP contribution in [-0.2, 0) is 25.5 Å². The summed E-state index contributed by atoms with van der Waals surface area (Å²) in [5.41, 5.74) is -4.83. The zero-order valence-corrected chi connectivity index (χ0v) is 23.9. The number of benzene rings is 3. The van der Waals surface area contributed by atoms with E-state index in [-0.39, 0.29) is 18.5 Å². The predicted molar refractivity (Wildman–Crippen MR) is 148 cm³/mol. The second-order valence-corrected chi connectivity index (χ2v) is 12.5. The molecule has 1 aliphatic carbocycles. The Balaban J connectivity index is 1.66. The number of fused-ring (bicyclic) bond motifs is 2. The Labute approximate surface area is 236 Å². The van der Waals surface area contributed by atoms with Crippen LogP contribution in [0.3, 0.4) is 0 Å². The van der Waals surface area contributed by atoms with E-state index >= 15 is 0 Å². The first-order chi connectivity index (χ1) is 19.1. The first kappa shape index (κ1) is 30.4. The minimum absolute atomic E-state index is 0.115. The van der Waals surface area contributed by atoms with Gasteiger partial charge in [0.25, 0.3) is 0 Å². The lowest BCUT2D eigenvalue weighted by Crippen LogP contribution is -2.39. The lowest BCUT2D eigenvalue weighted by Gasteiger charge is -2.34. The molecule has 4 rings (SSSR count). The van der Waals surface area contributed by atoms with Crippen molar-refractivity contribution in [3.63, 3.8) is 0 Å². The highest BCUT2D eigenvalue weighted by Crippen LogP contribution is 2.37. The molecule has 1 aliphatic rings. The van der Waals surface area contributed by atoms with Crippen LogP contribution < -0.4 is 0 Å². The number of nitrogens with zero attached hydrogens (tertiary/aromatic N) is 1. The van der Waals surface area contributed by atoms with Crippen molar-refractivity contribution in [2.75, 3.05) is 6.54 Å². The van der Waals surface area contributed by atoms with Gasteiger partial charge >= 0.3 is 21.7 Å². The molecule has 3 aromatic carbocycles. The van der Waals surface area contributed by atoms with E-state index in [0.29, 0.717) is 28.3 Å². The van der Waals surface area contributed by atoms with E-state index in [1.165, 1.54) is 23.1 Å². The van der Waals surface area contributed by atoms with Crippen LogP contribution in [0.15, 0.2) is 66.7 Å². The molecule has 0 radical (unpaired) electrons. The molecule has 0 aromatic heterocycles. The third-order valence-corrected chi connectivity index (χ3v) is 7.79. The molecule has 0 saturated heterocycles. The normalized spacial score (nSPS) is 16.5. The molecule has 11 heteroatoms. The van der Waals surface area contributed by atoms with Crippen LogP contribution >= 0.6 is 0 Å². The number of halogens is 4. The summed E-state index contributed by atoms with van der Waals surface area (Å²) in [4.78, 5) is 14.9. The Morgan fingerprint density at radius 3 is 2.29 bits per heavy atom. The summed E-state index contributed by atoms with van der Waals surface area (Å²) >= 11 is 0. The molecule has 2 atom stereocenters. The molecule has 3 aromatic rings. The van der Waals surface area contributed by atoms with E-state index in [0.717, 1.165) is 0 Å². The first-order valence-corrected chi connectivity index (χ1v) is 14.5. The molecule has 0 N–H and O–H groups in total. The van der Waals surface area contributed by atoms with Crippen molar-refractivity contribution >= 4 is 32.7 Å². The summed E-state index contributed by atoms with van der Waals surface area (Å²) in [6.07, 6.45) is 1.40. The van der Waals surface area contributed by atoms with Crippen molar-refractivity contribution in [2.45, 2.75) is 57.7 Å². The average molecular weight is 594 g/mol. The van der Waals surface area contributed by atoms with Crippen molar-refractivity contribution in [1.29, 1.82) is 0 Å². The number of ether oxygens (including phenoxy) is 1. The fraction of sp³-hybridized carbons (Fsp3) is 0.367. The van der Waals surface area contributed by atoms with E-state index in [4.69, 9.17) is 4.74 Å². The fourth-order valence-corrected chi connectivity index (χ4v) is 5.37. The van der Waals surface area contributed by atoms with Gasteiger partial charge in [0, 0.05) is 17.5 Å². The largest absolute Gasteiger partial charge is 0.534 e. The molecule has 220 valence electrons. The molecule has 0 bridgehead atoms. The summed E-state index contributed by atoms with van der Waals surface area (Å²) in [6.45, 7) is 7.09. The number of allylic oxidation sites excluding steroid dienone is 1. The summed E-state index contributed by atoms with van der Waals surface area (Å²) < 4.78 is 87.7. The maximum Gasteiger partial charge on any atom is 0.534 e. The van der Waals surface area contributed by atoms with Crippen LogP contribution in [-0.4, -0.2) is 37.1 Å². The van der Waals surface area contributed by atoms with Gasteiger partial charge in [0.15, 0.2) is 0 Å². The Bertz CT molecular complexity index is 1580. The number of amides is 1. The molecule has 0 spiro atoms. The van der Waals surface area contributed by atoms with Gasteiger partial charge in [-0.05, 0) is 75.1 Å². The zero-order chi connectivity index (χ0) is 30.2. The molecule has 0 heterocycles. The van der Waals surface area contributed by atoms with E-state index in [9.17, 15) is 30.8 Å². The first-order valence-electron chi connectivity index (χ1n) is 13.0. The Hall–Kier alpha value is -3.60. The smallest absolute Gasteiger partial charge is 0.444 e. The minimum Gasteiger partial charge on any atom is -0.444 e.